The Hall–Kier alpha value is -1.06. The summed E-state index contributed by atoms with van der Waals surface area (Å²) in [4.78, 5) is 2.15. The maximum atomic E-state index is 6.28. The van der Waals surface area contributed by atoms with E-state index in [2.05, 4.69) is 83.3 Å². The zero-order valence-corrected chi connectivity index (χ0v) is 14.5. The van der Waals surface area contributed by atoms with Crippen LogP contribution in [0, 0.1) is 5.92 Å². The normalized spacial score (nSPS) is 24.8. The molecular formula is C18H30N2O. The van der Waals surface area contributed by atoms with E-state index in [0.29, 0.717) is 12.0 Å². The zero-order valence-electron chi connectivity index (χ0n) is 14.5. The molecule has 118 valence electrons. The Morgan fingerprint density at radius 2 is 1.90 bits per heavy atom. The average Bonchev–Trinajstić information content (AvgIpc) is 2.59. The highest BCUT2D eigenvalue weighted by molar-refractivity contribution is 5.48. The highest BCUT2D eigenvalue weighted by Gasteiger charge is 2.49. The van der Waals surface area contributed by atoms with Crippen molar-refractivity contribution in [2.45, 2.75) is 51.4 Å². The lowest BCUT2D eigenvalue weighted by molar-refractivity contribution is -0.0776. The fourth-order valence-electron chi connectivity index (χ4n) is 3.72. The summed E-state index contributed by atoms with van der Waals surface area (Å²) in [6.07, 6.45) is 1.07. The summed E-state index contributed by atoms with van der Waals surface area (Å²) >= 11 is 0. The van der Waals surface area contributed by atoms with Gasteiger partial charge in [-0.15, -0.1) is 0 Å². The molecule has 1 aromatic rings. The quantitative estimate of drug-likeness (QED) is 0.917. The number of rotatable bonds is 4. The lowest BCUT2D eigenvalue weighted by Crippen LogP contribution is -2.37. The summed E-state index contributed by atoms with van der Waals surface area (Å²) in [6.45, 7) is 8.81. The maximum absolute atomic E-state index is 6.28. The van der Waals surface area contributed by atoms with E-state index in [1.165, 1.54) is 11.3 Å². The Bertz CT molecular complexity index is 494. The van der Waals surface area contributed by atoms with Crippen LogP contribution in [-0.2, 0) is 4.74 Å². The molecule has 3 nitrogen and oxygen atoms in total. The molecule has 1 heterocycles. The van der Waals surface area contributed by atoms with E-state index in [9.17, 15) is 0 Å². The molecule has 1 N–H and O–H groups in total. The molecule has 0 spiro atoms. The number of ether oxygens (including phenoxy) is 1. The third-order valence-electron chi connectivity index (χ3n) is 4.60. The molecule has 21 heavy (non-hydrogen) atoms. The Morgan fingerprint density at radius 1 is 1.24 bits per heavy atom. The van der Waals surface area contributed by atoms with Crippen LogP contribution in [0.2, 0.25) is 0 Å². The van der Waals surface area contributed by atoms with Gasteiger partial charge in [0.25, 0.3) is 0 Å². The molecule has 1 saturated heterocycles. The van der Waals surface area contributed by atoms with Crippen molar-refractivity contribution in [3.05, 3.63) is 29.8 Å². The minimum Gasteiger partial charge on any atom is -0.378 e. The van der Waals surface area contributed by atoms with Crippen LogP contribution in [0.5, 0.6) is 0 Å². The van der Waals surface area contributed by atoms with Crippen LogP contribution in [0.25, 0.3) is 0 Å². The fraction of sp³-hybridized carbons (Fsp3) is 0.667. The lowest BCUT2D eigenvalue weighted by Gasteiger charge is -2.33. The van der Waals surface area contributed by atoms with Gasteiger partial charge in [0.1, 0.15) is 0 Å². The van der Waals surface area contributed by atoms with Gasteiger partial charge in [0.2, 0.25) is 0 Å². The lowest BCUT2D eigenvalue weighted by atomic mass is 9.79. The highest BCUT2D eigenvalue weighted by Crippen LogP contribution is 2.47. The number of anilines is 1. The van der Waals surface area contributed by atoms with Gasteiger partial charge in [-0.3, -0.25) is 0 Å². The van der Waals surface area contributed by atoms with E-state index in [4.69, 9.17) is 4.74 Å². The van der Waals surface area contributed by atoms with Crippen molar-refractivity contribution < 1.29 is 4.74 Å². The summed E-state index contributed by atoms with van der Waals surface area (Å²) in [5, 5.41) is 3.52. The van der Waals surface area contributed by atoms with Crippen LogP contribution in [0.4, 0.5) is 5.69 Å². The molecule has 2 unspecified atom stereocenters. The van der Waals surface area contributed by atoms with Gasteiger partial charge >= 0.3 is 0 Å². The van der Waals surface area contributed by atoms with E-state index in [0.717, 1.165) is 6.42 Å². The van der Waals surface area contributed by atoms with Crippen molar-refractivity contribution in [2.24, 2.45) is 5.92 Å². The average molecular weight is 290 g/mol. The summed E-state index contributed by atoms with van der Waals surface area (Å²) in [5.74, 6) is 0.454. The first-order chi connectivity index (χ1) is 9.66. The van der Waals surface area contributed by atoms with Gasteiger partial charge in [0.15, 0.2) is 0 Å². The first-order valence-electron chi connectivity index (χ1n) is 7.81. The third kappa shape index (κ3) is 3.41. The van der Waals surface area contributed by atoms with Crippen molar-refractivity contribution in [3.8, 4) is 0 Å². The fourth-order valence-corrected chi connectivity index (χ4v) is 3.72. The van der Waals surface area contributed by atoms with E-state index >= 15 is 0 Å². The molecule has 0 aliphatic carbocycles. The predicted octanol–water partition coefficient (Wildman–Crippen LogP) is 3.61. The molecule has 1 aliphatic rings. The smallest absolute Gasteiger partial charge is 0.0681 e. The molecule has 0 radical (unpaired) electrons. The molecule has 3 heteroatoms. The van der Waals surface area contributed by atoms with Gasteiger partial charge in [0.05, 0.1) is 11.2 Å². The number of nitrogens with one attached hydrogen (secondary N) is 1. The van der Waals surface area contributed by atoms with E-state index in [-0.39, 0.29) is 11.2 Å². The Morgan fingerprint density at radius 3 is 2.38 bits per heavy atom. The number of nitrogens with zero attached hydrogens (tertiary/aromatic N) is 1. The van der Waals surface area contributed by atoms with Crippen LogP contribution < -0.4 is 10.2 Å². The summed E-state index contributed by atoms with van der Waals surface area (Å²) in [5.41, 5.74) is 2.40. The molecule has 2 rings (SSSR count). The standard InChI is InChI=1S/C18H30N2O/c1-17(2)12-15(18(3,4)21-17)16(19-5)13-9-8-10-14(11-13)20(6)7/h8-11,15-16,19H,12H2,1-7H3. The summed E-state index contributed by atoms with van der Waals surface area (Å²) in [7, 11) is 6.22. The molecule has 0 bridgehead atoms. The number of hydrogen-bond donors (Lipinski definition) is 1. The Kier molecular flexibility index (Phi) is 4.36. The largest absolute Gasteiger partial charge is 0.378 e. The van der Waals surface area contributed by atoms with Crippen LogP contribution in [0.1, 0.15) is 45.7 Å². The van der Waals surface area contributed by atoms with Gasteiger partial charge in [-0.1, -0.05) is 12.1 Å². The molecule has 1 aromatic carbocycles. The molecule has 0 aromatic heterocycles. The van der Waals surface area contributed by atoms with Crippen LogP contribution in [0.15, 0.2) is 24.3 Å². The minimum absolute atomic E-state index is 0.0531. The number of hydrogen-bond acceptors (Lipinski definition) is 3. The van der Waals surface area contributed by atoms with Gasteiger partial charge in [-0.05, 0) is 58.9 Å². The van der Waals surface area contributed by atoms with Crippen molar-refractivity contribution in [2.75, 3.05) is 26.0 Å². The number of benzene rings is 1. The molecule has 1 fully saturated rings. The topological polar surface area (TPSA) is 24.5 Å². The van der Waals surface area contributed by atoms with Crippen LogP contribution in [-0.4, -0.2) is 32.3 Å². The SMILES string of the molecule is CNC(c1cccc(N(C)C)c1)C1CC(C)(C)OC1(C)C. The molecule has 0 saturated carbocycles. The van der Waals surface area contributed by atoms with E-state index in [1.807, 2.05) is 0 Å². The molecule has 1 aliphatic heterocycles. The predicted molar refractivity (Wildman–Crippen MR) is 89.9 cm³/mol. The van der Waals surface area contributed by atoms with E-state index in [1.54, 1.807) is 0 Å². The molecule has 0 amide bonds. The first-order valence-corrected chi connectivity index (χ1v) is 7.81. The van der Waals surface area contributed by atoms with Crippen LogP contribution >= 0.6 is 0 Å². The van der Waals surface area contributed by atoms with Crippen molar-refractivity contribution in [1.82, 2.24) is 5.32 Å². The maximum Gasteiger partial charge on any atom is 0.0681 e. The van der Waals surface area contributed by atoms with Crippen molar-refractivity contribution in [3.63, 3.8) is 0 Å². The van der Waals surface area contributed by atoms with Crippen molar-refractivity contribution >= 4 is 5.69 Å². The second kappa shape index (κ2) is 5.62. The highest BCUT2D eigenvalue weighted by atomic mass is 16.5. The minimum atomic E-state index is -0.120. The van der Waals surface area contributed by atoms with Crippen molar-refractivity contribution in [1.29, 1.82) is 0 Å². The Labute approximate surface area is 129 Å². The van der Waals surface area contributed by atoms with Gasteiger partial charge in [-0.25, -0.2) is 0 Å². The van der Waals surface area contributed by atoms with Gasteiger partial charge in [-0.2, -0.15) is 0 Å². The zero-order chi connectivity index (χ0) is 15.8. The summed E-state index contributed by atoms with van der Waals surface area (Å²) in [6, 6.07) is 9.10. The second-order valence-corrected chi connectivity index (χ2v) is 7.53. The third-order valence-corrected chi connectivity index (χ3v) is 4.60. The first kappa shape index (κ1) is 16.3. The van der Waals surface area contributed by atoms with Crippen LogP contribution in [0.3, 0.4) is 0 Å². The Balaban J connectivity index is 2.34. The van der Waals surface area contributed by atoms with Gasteiger partial charge < -0.3 is 15.0 Å². The second-order valence-electron chi connectivity index (χ2n) is 7.53. The van der Waals surface area contributed by atoms with E-state index < -0.39 is 0 Å². The molecule has 2 atom stereocenters. The monoisotopic (exact) mass is 290 g/mol. The molecular weight excluding hydrogens is 260 g/mol. The van der Waals surface area contributed by atoms with Gasteiger partial charge in [0, 0.05) is 31.7 Å². The summed E-state index contributed by atoms with van der Waals surface area (Å²) < 4.78 is 6.28.